The molecule has 2 aromatic rings. The Bertz CT molecular complexity index is 733. The Labute approximate surface area is 183 Å². The summed E-state index contributed by atoms with van der Waals surface area (Å²) in [7, 11) is 0. The Kier molecular flexibility index (Phi) is 9.53. The lowest BCUT2D eigenvalue weighted by Crippen LogP contribution is -2.49. The largest absolute Gasteiger partial charge is 0.450 e. The molecule has 0 spiro atoms. The van der Waals surface area contributed by atoms with Crippen LogP contribution in [0.25, 0.3) is 0 Å². The minimum Gasteiger partial charge on any atom is -0.450 e. The summed E-state index contributed by atoms with van der Waals surface area (Å²) in [5.41, 5.74) is 2.07. The number of rotatable bonds is 7. The van der Waals surface area contributed by atoms with E-state index in [1.54, 1.807) is 4.90 Å². The summed E-state index contributed by atoms with van der Waals surface area (Å²) >= 11 is 0. The maximum Gasteiger partial charge on any atom is 0.409 e. The topological polar surface area (TPSA) is 32.8 Å². The van der Waals surface area contributed by atoms with E-state index in [2.05, 4.69) is 4.90 Å². The van der Waals surface area contributed by atoms with Gasteiger partial charge in [-0.15, -0.1) is 12.4 Å². The van der Waals surface area contributed by atoms with Crippen LogP contribution in [0.5, 0.6) is 0 Å². The number of carbonyl (C=O) groups excluding carboxylic acids is 1. The second kappa shape index (κ2) is 11.9. The Morgan fingerprint density at radius 2 is 1.43 bits per heavy atom. The first-order valence-corrected chi connectivity index (χ1v) is 10.2. The van der Waals surface area contributed by atoms with Crippen LogP contribution < -0.4 is 0 Å². The monoisotopic (exact) mass is 438 g/mol. The van der Waals surface area contributed by atoms with Gasteiger partial charge >= 0.3 is 6.09 Å². The van der Waals surface area contributed by atoms with Gasteiger partial charge in [-0.2, -0.15) is 0 Å². The molecule has 4 nitrogen and oxygen atoms in total. The summed E-state index contributed by atoms with van der Waals surface area (Å²) < 4.78 is 31.7. The fraction of sp³-hybridized carbons (Fsp3) is 0.435. The summed E-state index contributed by atoms with van der Waals surface area (Å²) in [6.07, 6.45) is 1.61. The maximum atomic E-state index is 13.3. The molecule has 0 aliphatic carbocycles. The lowest BCUT2D eigenvalue weighted by Gasteiger charge is -2.34. The number of benzene rings is 2. The molecule has 7 heteroatoms. The Morgan fingerprint density at radius 3 is 1.90 bits per heavy atom. The van der Waals surface area contributed by atoms with Crippen molar-refractivity contribution in [2.75, 3.05) is 39.3 Å². The SMILES string of the molecule is CCOC(=O)N1CCN(CCCC(c2ccc(F)cc2)c2ccc(F)cc2)CC1.Cl. The van der Waals surface area contributed by atoms with Gasteiger partial charge in [-0.05, 0) is 61.7 Å². The molecule has 0 bridgehead atoms. The van der Waals surface area contributed by atoms with Gasteiger partial charge in [0, 0.05) is 32.1 Å². The van der Waals surface area contributed by atoms with Crippen molar-refractivity contribution in [1.29, 1.82) is 0 Å². The van der Waals surface area contributed by atoms with Crippen molar-refractivity contribution in [3.8, 4) is 0 Å². The van der Waals surface area contributed by atoms with Gasteiger partial charge in [0.1, 0.15) is 11.6 Å². The summed E-state index contributed by atoms with van der Waals surface area (Å²) in [5.74, 6) is -0.422. The number of hydrogen-bond acceptors (Lipinski definition) is 3. The van der Waals surface area contributed by atoms with E-state index in [-0.39, 0.29) is 36.1 Å². The number of nitrogens with zero attached hydrogens (tertiary/aromatic N) is 2. The van der Waals surface area contributed by atoms with E-state index in [9.17, 15) is 13.6 Å². The summed E-state index contributed by atoms with van der Waals surface area (Å²) in [4.78, 5) is 15.9. The fourth-order valence-corrected chi connectivity index (χ4v) is 3.80. The van der Waals surface area contributed by atoms with Crippen molar-refractivity contribution in [2.45, 2.75) is 25.7 Å². The molecule has 1 heterocycles. The number of piperazine rings is 1. The van der Waals surface area contributed by atoms with Crippen LogP contribution in [-0.4, -0.2) is 55.2 Å². The van der Waals surface area contributed by atoms with Crippen molar-refractivity contribution in [1.82, 2.24) is 9.80 Å². The zero-order valence-corrected chi connectivity index (χ0v) is 18.0. The third-order valence-corrected chi connectivity index (χ3v) is 5.41. The molecule has 0 saturated carbocycles. The Balaban J connectivity index is 0.00000320. The molecule has 0 unspecified atom stereocenters. The number of amides is 1. The number of carbonyl (C=O) groups is 1. The van der Waals surface area contributed by atoms with Crippen molar-refractivity contribution < 1.29 is 18.3 Å². The molecule has 1 aliphatic heterocycles. The highest BCUT2D eigenvalue weighted by Gasteiger charge is 2.22. The molecular formula is C23H29ClF2N2O2. The standard InChI is InChI=1S/C23H28F2N2O2.ClH/c1-2-29-23(28)27-16-14-26(15-17-27)13-3-4-22(18-5-9-20(24)10-6-18)19-7-11-21(25)12-8-19;/h5-12,22H,2-4,13-17H2,1H3;1H. The van der Waals surface area contributed by atoms with Gasteiger partial charge < -0.3 is 9.64 Å². The predicted octanol–water partition coefficient (Wildman–Crippen LogP) is 5.07. The zero-order chi connectivity index (χ0) is 20.6. The third kappa shape index (κ3) is 6.67. The van der Waals surface area contributed by atoms with E-state index in [1.165, 1.54) is 24.3 Å². The minimum atomic E-state index is -0.258. The quantitative estimate of drug-likeness (QED) is 0.604. The number of hydrogen-bond donors (Lipinski definition) is 0. The van der Waals surface area contributed by atoms with Crippen LogP contribution in [0.3, 0.4) is 0 Å². The van der Waals surface area contributed by atoms with E-state index in [4.69, 9.17) is 4.74 Å². The highest BCUT2D eigenvalue weighted by Crippen LogP contribution is 2.30. The first-order valence-electron chi connectivity index (χ1n) is 10.2. The van der Waals surface area contributed by atoms with E-state index in [0.717, 1.165) is 43.6 Å². The van der Waals surface area contributed by atoms with Crippen molar-refractivity contribution in [2.24, 2.45) is 0 Å². The Hall–Kier alpha value is -2.18. The van der Waals surface area contributed by atoms with Crippen LogP contribution in [0.4, 0.5) is 13.6 Å². The molecule has 0 atom stereocenters. The van der Waals surface area contributed by atoms with Crippen molar-refractivity contribution >= 4 is 18.5 Å². The fourth-order valence-electron chi connectivity index (χ4n) is 3.80. The number of ether oxygens (including phenoxy) is 1. The smallest absolute Gasteiger partial charge is 0.409 e. The molecule has 1 saturated heterocycles. The van der Waals surface area contributed by atoms with Gasteiger partial charge in [-0.3, -0.25) is 4.90 Å². The molecule has 0 aromatic heterocycles. The van der Waals surface area contributed by atoms with Crippen LogP contribution in [0, 0.1) is 11.6 Å². The second-order valence-electron chi connectivity index (χ2n) is 7.33. The highest BCUT2D eigenvalue weighted by atomic mass is 35.5. The van der Waals surface area contributed by atoms with E-state index < -0.39 is 0 Å². The maximum absolute atomic E-state index is 13.3. The Morgan fingerprint density at radius 1 is 0.933 bits per heavy atom. The second-order valence-corrected chi connectivity index (χ2v) is 7.33. The van der Waals surface area contributed by atoms with Crippen LogP contribution >= 0.6 is 12.4 Å². The van der Waals surface area contributed by atoms with Gasteiger partial charge in [-0.1, -0.05) is 24.3 Å². The van der Waals surface area contributed by atoms with Crippen molar-refractivity contribution in [3.05, 3.63) is 71.3 Å². The molecule has 1 amide bonds. The summed E-state index contributed by atoms with van der Waals surface area (Å²) in [5, 5.41) is 0. The van der Waals surface area contributed by atoms with Crippen molar-refractivity contribution in [3.63, 3.8) is 0 Å². The lowest BCUT2D eigenvalue weighted by molar-refractivity contribution is 0.0792. The summed E-state index contributed by atoms with van der Waals surface area (Å²) in [6, 6.07) is 13.1. The van der Waals surface area contributed by atoms with Gasteiger partial charge in [0.25, 0.3) is 0 Å². The van der Waals surface area contributed by atoms with E-state index >= 15 is 0 Å². The van der Waals surface area contributed by atoms with E-state index in [0.29, 0.717) is 19.7 Å². The van der Waals surface area contributed by atoms with Crippen LogP contribution in [0.2, 0.25) is 0 Å². The molecule has 30 heavy (non-hydrogen) atoms. The molecule has 0 radical (unpaired) electrons. The highest BCUT2D eigenvalue weighted by molar-refractivity contribution is 5.85. The normalized spacial score (nSPS) is 14.5. The zero-order valence-electron chi connectivity index (χ0n) is 17.2. The third-order valence-electron chi connectivity index (χ3n) is 5.41. The molecular weight excluding hydrogens is 410 g/mol. The molecule has 164 valence electrons. The van der Waals surface area contributed by atoms with Gasteiger partial charge in [-0.25, -0.2) is 13.6 Å². The van der Waals surface area contributed by atoms with Gasteiger partial charge in [0.15, 0.2) is 0 Å². The first kappa shape index (κ1) is 24.1. The van der Waals surface area contributed by atoms with Gasteiger partial charge in [0.2, 0.25) is 0 Å². The molecule has 0 N–H and O–H groups in total. The first-order chi connectivity index (χ1) is 14.1. The number of halogens is 3. The average molecular weight is 439 g/mol. The molecule has 3 rings (SSSR count). The molecule has 1 aliphatic rings. The van der Waals surface area contributed by atoms with Gasteiger partial charge in [0.05, 0.1) is 6.61 Å². The average Bonchev–Trinajstić information content (AvgIpc) is 2.74. The molecule has 2 aromatic carbocycles. The molecule has 1 fully saturated rings. The summed E-state index contributed by atoms with van der Waals surface area (Å²) in [6.45, 7) is 6.15. The lowest BCUT2D eigenvalue weighted by atomic mass is 9.87. The van der Waals surface area contributed by atoms with Crippen LogP contribution in [0.15, 0.2) is 48.5 Å². The predicted molar refractivity (Wildman–Crippen MR) is 116 cm³/mol. The van der Waals surface area contributed by atoms with E-state index in [1.807, 2.05) is 31.2 Å². The van der Waals surface area contributed by atoms with Crippen LogP contribution in [-0.2, 0) is 4.74 Å². The minimum absolute atomic E-state index is 0. The van der Waals surface area contributed by atoms with Crippen LogP contribution in [0.1, 0.15) is 36.8 Å².